The van der Waals surface area contributed by atoms with Crippen molar-refractivity contribution in [3.8, 4) is 0 Å². The number of hydrogen-bond donors (Lipinski definition) is 0. The molecule has 1 aromatic carbocycles. The molecule has 11 heteroatoms. The summed E-state index contributed by atoms with van der Waals surface area (Å²) < 4.78 is 54.4. The van der Waals surface area contributed by atoms with Gasteiger partial charge in [0.25, 0.3) is 0 Å². The smallest absolute Gasteiger partial charge is 0.184 e. The number of ether oxygens (including phenoxy) is 8. The van der Waals surface area contributed by atoms with Crippen molar-refractivity contribution in [1.82, 2.24) is 0 Å². The van der Waals surface area contributed by atoms with Crippen LogP contribution in [-0.2, 0) is 44.5 Å². The lowest BCUT2D eigenvalue weighted by Gasteiger charge is -2.52. The predicted molar refractivity (Wildman–Crippen MR) is 208 cm³/mol. The monoisotopic (exact) mass is 758 g/mol. The molecule has 4 fully saturated rings. The first kappa shape index (κ1) is 43.3. The van der Waals surface area contributed by atoms with Crippen LogP contribution >= 0.6 is 0 Å². The first-order valence-electron chi connectivity index (χ1n) is 21.1. The molecule has 306 valence electrons. The van der Waals surface area contributed by atoms with Gasteiger partial charge in [-0.1, -0.05) is 119 Å². The van der Waals surface area contributed by atoms with Gasteiger partial charge in [0, 0.05) is 34.5 Å². The number of rotatable bonds is 14. The van der Waals surface area contributed by atoms with Crippen molar-refractivity contribution >= 4 is 0 Å². The summed E-state index contributed by atoms with van der Waals surface area (Å²) in [5.41, 5.74) is 10.1. The van der Waals surface area contributed by atoms with Gasteiger partial charge in [0.2, 0.25) is 0 Å². The third-order valence-electron chi connectivity index (χ3n) is 13.9. The zero-order valence-corrected chi connectivity index (χ0v) is 35.1. The molecule has 8 unspecified atom stereocenters. The molecule has 4 heterocycles. The number of nitrogens with zero attached hydrogens (tertiary/aromatic N) is 3. The minimum absolute atomic E-state index is 0.0411. The van der Waals surface area contributed by atoms with E-state index in [4.69, 9.17) is 43.4 Å². The molecule has 54 heavy (non-hydrogen) atoms. The van der Waals surface area contributed by atoms with E-state index < -0.39 is 25.2 Å². The molecule has 0 N–H and O–H groups in total. The standard InChI is InChI=1S/C43H71N3O8/c1-13-33-25(6)26(7)39(43(50-33)47-22-32-19-17-16-18-20-32)54-42-31(12)38(29(10)35(15-3)49-42)53-41-30(11)37(28(9)34(14-2)48-41)52-40-27(8)23(4)24(5)36(51-40)21-45-46-44/h16-20,23-31,33-43H,13-15,21-22H2,1-12H3/t23-,24-,25-,26-,27?,28+,29+,30?,31?,33?,34?,35?,36?,37-,38-,39?,40+,41+,42+,43-/m0/s1. The summed E-state index contributed by atoms with van der Waals surface area (Å²) in [5, 5.41) is 3.86. The average molecular weight is 758 g/mol. The highest BCUT2D eigenvalue weighted by Crippen LogP contribution is 2.44. The second-order valence-electron chi connectivity index (χ2n) is 17.1. The number of hydrogen-bond acceptors (Lipinski definition) is 9. The van der Waals surface area contributed by atoms with E-state index in [0.29, 0.717) is 25.0 Å². The number of benzene rings is 1. The van der Waals surface area contributed by atoms with Crippen LogP contribution in [0.3, 0.4) is 0 Å². The molecule has 0 aliphatic carbocycles. The van der Waals surface area contributed by atoms with Crippen LogP contribution in [0.1, 0.15) is 108 Å². The molecule has 4 aliphatic rings. The van der Waals surface area contributed by atoms with Gasteiger partial charge in [-0.15, -0.1) is 0 Å². The Balaban J connectivity index is 1.34. The molecule has 0 bridgehead atoms. The fraction of sp³-hybridized carbons (Fsp3) is 0.860. The Morgan fingerprint density at radius 2 is 0.963 bits per heavy atom. The summed E-state index contributed by atoms with van der Waals surface area (Å²) in [6.45, 7) is 27.1. The summed E-state index contributed by atoms with van der Waals surface area (Å²) in [6, 6.07) is 10.2. The fourth-order valence-electron chi connectivity index (χ4n) is 9.51. The van der Waals surface area contributed by atoms with Gasteiger partial charge in [-0.05, 0) is 54.0 Å². The lowest BCUT2D eigenvalue weighted by molar-refractivity contribution is -0.364. The second kappa shape index (κ2) is 19.6. The molecule has 20 atom stereocenters. The number of azide groups is 1. The molecule has 0 spiro atoms. The summed E-state index contributed by atoms with van der Waals surface area (Å²) in [6.07, 6.45) is -0.223. The van der Waals surface area contributed by atoms with Crippen molar-refractivity contribution in [2.45, 2.75) is 177 Å². The normalized spacial score (nSPS) is 45.8. The van der Waals surface area contributed by atoms with Crippen LogP contribution in [0.25, 0.3) is 10.4 Å². The van der Waals surface area contributed by atoms with Gasteiger partial charge in [0.15, 0.2) is 25.2 Å². The molecular formula is C43H71N3O8. The van der Waals surface area contributed by atoms with Crippen LogP contribution < -0.4 is 0 Å². The zero-order chi connectivity index (χ0) is 39.3. The van der Waals surface area contributed by atoms with Gasteiger partial charge >= 0.3 is 0 Å². The van der Waals surface area contributed by atoms with Crippen LogP contribution in [0.2, 0.25) is 0 Å². The third-order valence-corrected chi connectivity index (χ3v) is 13.9. The molecule has 0 radical (unpaired) electrons. The van der Waals surface area contributed by atoms with Crippen molar-refractivity contribution < 1.29 is 37.9 Å². The topological polar surface area (TPSA) is 123 Å². The van der Waals surface area contributed by atoms with Crippen molar-refractivity contribution in [2.75, 3.05) is 6.54 Å². The van der Waals surface area contributed by atoms with E-state index in [1.165, 1.54) is 0 Å². The SMILES string of the molecule is CCC1O[C@H](OCc2ccccc2)C(O[C@H]2OC(CC)[C@@H](C)[C@H](O[C@H]3OC(CC)[C@@H](C)[C@H](O[C@H]4OC(CN=[N+]=[N-])[C@@H](C)[C@H](C)C4C)C3C)C2C)[C@@H](C)[C@@H]1C. The molecule has 0 saturated carbocycles. The Morgan fingerprint density at radius 1 is 0.519 bits per heavy atom. The Kier molecular flexibility index (Phi) is 15.7. The van der Waals surface area contributed by atoms with E-state index in [-0.39, 0.29) is 84.2 Å². The highest BCUT2D eigenvalue weighted by Gasteiger charge is 2.51. The summed E-state index contributed by atoms with van der Waals surface area (Å²) >= 11 is 0. The van der Waals surface area contributed by atoms with E-state index in [2.05, 4.69) is 105 Å². The maximum Gasteiger partial charge on any atom is 0.184 e. The van der Waals surface area contributed by atoms with E-state index in [1.807, 2.05) is 18.2 Å². The molecule has 1 aromatic rings. The zero-order valence-electron chi connectivity index (χ0n) is 35.1. The van der Waals surface area contributed by atoms with Crippen LogP contribution in [0.4, 0.5) is 0 Å². The minimum Gasteiger partial charge on any atom is -0.349 e. The van der Waals surface area contributed by atoms with Crippen molar-refractivity contribution in [1.29, 1.82) is 0 Å². The van der Waals surface area contributed by atoms with Crippen molar-refractivity contribution in [3.05, 3.63) is 46.3 Å². The van der Waals surface area contributed by atoms with Gasteiger partial charge in [0.1, 0.15) is 6.10 Å². The summed E-state index contributed by atoms with van der Waals surface area (Å²) in [4.78, 5) is 3.00. The van der Waals surface area contributed by atoms with Crippen LogP contribution in [0.5, 0.6) is 0 Å². The second-order valence-corrected chi connectivity index (χ2v) is 17.1. The highest BCUT2D eigenvalue weighted by molar-refractivity contribution is 5.13. The Bertz CT molecular complexity index is 1330. The van der Waals surface area contributed by atoms with E-state index >= 15 is 0 Å². The lowest BCUT2D eigenvalue weighted by atomic mass is 9.78. The maximum absolute atomic E-state index is 9.02. The molecular weight excluding hydrogens is 686 g/mol. The largest absolute Gasteiger partial charge is 0.349 e. The van der Waals surface area contributed by atoms with Crippen molar-refractivity contribution in [2.24, 2.45) is 58.4 Å². The van der Waals surface area contributed by atoms with Crippen LogP contribution in [0, 0.1) is 53.3 Å². The molecule has 4 aliphatic heterocycles. The average Bonchev–Trinajstić information content (AvgIpc) is 3.17. The van der Waals surface area contributed by atoms with Gasteiger partial charge in [-0.25, -0.2) is 0 Å². The Hall–Kier alpha value is -1.79. The Labute approximate surface area is 325 Å². The quantitative estimate of drug-likeness (QED) is 0.105. The molecule has 0 aromatic heterocycles. The maximum atomic E-state index is 9.02. The van der Waals surface area contributed by atoms with E-state index in [9.17, 15) is 0 Å². The molecule has 11 nitrogen and oxygen atoms in total. The third kappa shape index (κ3) is 9.49. The van der Waals surface area contributed by atoms with Crippen molar-refractivity contribution in [3.63, 3.8) is 0 Å². The minimum atomic E-state index is -0.524. The van der Waals surface area contributed by atoms with E-state index in [0.717, 1.165) is 24.8 Å². The van der Waals surface area contributed by atoms with Gasteiger partial charge in [-0.3, -0.25) is 0 Å². The Morgan fingerprint density at radius 3 is 1.48 bits per heavy atom. The molecule has 0 amide bonds. The van der Waals surface area contributed by atoms with E-state index in [1.54, 1.807) is 0 Å². The first-order valence-corrected chi connectivity index (χ1v) is 21.1. The predicted octanol–water partition coefficient (Wildman–Crippen LogP) is 9.52. The summed E-state index contributed by atoms with van der Waals surface area (Å²) in [5.74, 6) is 1.31. The van der Waals surface area contributed by atoms with Crippen LogP contribution in [-0.4, -0.2) is 74.4 Å². The van der Waals surface area contributed by atoms with Gasteiger partial charge in [-0.2, -0.15) is 0 Å². The van der Waals surface area contributed by atoms with Crippen LogP contribution in [0.15, 0.2) is 35.4 Å². The van der Waals surface area contributed by atoms with Gasteiger partial charge in [0.05, 0.1) is 49.8 Å². The van der Waals surface area contributed by atoms with Gasteiger partial charge < -0.3 is 37.9 Å². The molecule has 5 rings (SSSR count). The first-order chi connectivity index (χ1) is 25.8. The summed E-state index contributed by atoms with van der Waals surface area (Å²) in [7, 11) is 0. The lowest BCUT2D eigenvalue weighted by Crippen LogP contribution is -2.59. The fourth-order valence-corrected chi connectivity index (χ4v) is 9.51. The molecule has 4 saturated heterocycles. The highest BCUT2D eigenvalue weighted by atomic mass is 16.7.